The third kappa shape index (κ3) is 4.93. The fourth-order valence-electron chi connectivity index (χ4n) is 1.59. The molecule has 0 aromatic carbocycles. The van der Waals surface area contributed by atoms with Crippen molar-refractivity contribution in [2.75, 3.05) is 13.2 Å². The lowest BCUT2D eigenvalue weighted by Gasteiger charge is -2.20. The quantitative estimate of drug-likeness (QED) is 0.742. The van der Waals surface area contributed by atoms with Gasteiger partial charge >= 0.3 is 0 Å². The highest BCUT2D eigenvalue weighted by Crippen LogP contribution is 2.17. The van der Waals surface area contributed by atoms with Gasteiger partial charge in [-0.3, -0.25) is 9.59 Å². The van der Waals surface area contributed by atoms with Crippen molar-refractivity contribution in [1.82, 2.24) is 5.32 Å². The maximum absolute atomic E-state index is 11.2. The summed E-state index contributed by atoms with van der Waals surface area (Å²) in [6.07, 6.45) is 3.75. The Morgan fingerprint density at radius 2 is 2.13 bits per heavy atom. The molecule has 0 saturated heterocycles. The normalized spacial score (nSPS) is 17.8. The van der Waals surface area contributed by atoms with Crippen molar-refractivity contribution in [3.8, 4) is 0 Å². The number of ketones is 1. The van der Waals surface area contributed by atoms with Crippen molar-refractivity contribution < 1.29 is 14.3 Å². The van der Waals surface area contributed by atoms with Gasteiger partial charge in [0.05, 0.1) is 6.10 Å². The summed E-state index contributed by atoms with van der Waals surface area (Å²) in [5.74, 6) is 0.249. The van der Waals surface area contributed by atoms with Gasteiger partial charge < -0.3 is 10.1 Å². The fourth-order valence-corrected chi connectivity index (χ4v) is 1.59. The van der Waals surface area contributed by atoms with Crippen LogP contribution in [0.4, 0.5) is 0 Å². The Kier molecular flexibility index (Phi) is 5.32. The molecule has 1 amide bonds. The van der Waals surface area contributed by atoms with Crippen LogP contribution in [0.2, 0.25) is 0 Å². The summed E-state index contributed by atoms with van der Waals surface area (Å²) in [6.45, 7) is 2.83. The Morgan fingerprint density at radius 1 is 1.47 bits per heavy atom. The molecule has 1 N–H and O–H groups in total. The van der Waals surface area contributed by atoms with Gasteiger partial charge in [-0.2, -0.15) is 0 Å². The van der Waals surface area contributed by atoms with Gasteiger partial charge in [-0.05, 0) is 19.3 Å². The van der Waals surface area contributed by atoms with Gasteiger partial charge in [0.1, 0.15) is 12.4 Å². The second-order valence-corrected chi connectivity index (χ2v) is 3.90. The minimum Gasteiger partial charge on any atom is -0.368 e. The Labute approximate surface area is 90.4 Å². The van der Waals surface area contributed by atoms with Gasteiger partial charge in [0.25, 0.3) is 0 Å². The zero-order valence-electron chi connectivity index (χ0n) is 9.25. The summed E-state index contributed by atoms with van der Waals surface area (Å²) in [4.78, 5) is 22.2. The highest BCUT2D eigenvalue weighted by molar-refractivity contribution is 5.79. The third-order valence-electron chi connectivity index (χ3n) is 2.51. The van der Waals surface area contributed by atoms with Crippen molar-refractivity contribution >= 4 is 11.7 Å². The minimum absolute atomic E-state index is 0.0613. The maximum Gasteiger partial charge on any atom is 0.246 e. The smallest absolute Gasteiger partial charge is 0.246 e. The molecule has 1 rings (SSSR count). The van der Waals surface area contributed by atoms with Gasteiger partial charge in [0.15, 0.2) is 0 Å². The van der Waals surface area contributed by atoms with Crippen LogP contribution < -0.4 is 5.32 Å². The number of hydrogen-bond donors (Lipinski definition) is 1. The molecule has 0 unspecified atom stereocenters. The minimum atomic E-state index is -0.0613. The second-order valence-electron chi connectivity index (χ2n) is 3.90. The van der Waals surface area contributed by atoms with Crippen molar-refractivity contribution in [3.63, 3.8) is 0 Å². The highest BCUT2D eigenvalue weighted by Gasteiger charge is 2.19. The van der Waals surface area contributed by atoms with Crippen LogP contribution in [-0.2, 0) is 14.3 Å². The molecule has 1 fully saturated rings. The molecule has 15 heavy (non-hydrogen) atoms. The zero-order chi connectivity index (χ0) is 11.1. The molecule has 0 spiro atoms. The summed E-state index contributed by atoms with van der Waals surface area (Å²) in [5.41, 5.74) is 0. The van der Waals surface area contributed by atoms with E-state index in [1.54, 1.807) is 0 Å². The average molecular weight is 213 g/mol. The lowest BCUT2D eigenvalue weighted by Crippen LogP contribution is -2.31. The molecule has 1 aliphatic carbocycles. The van der Waals surface area contributed by atoms with E-state index >= 15 is 0 Å². The van der Waals surface area contributed by atoms with E-state index in [9.17, 15) is 9.59 Å². The first-order valence-electron chi connectivity index (χ1n) is 5.62. The van der Waals surface area contributed by atoms with Crippen LogP contribution in [0.3, 0.4) is 0 Å². The average Bonchev–Trinajstić information content (AvgIpc) is 2.25. The molecule has 0 bridgehead atoms. The summed E-state index contributed by atoms with van der Waals surface area (Å²) >= 11 is 0. The van der Waals surface area contributed by atoms with E-state index in [0.717, 1.165) is 19.3 Å². The van der Waals surface area contributed by atoms with Crippen LogP contribution in [0, 0.1) is 0 Å². The predicted octanol–water partition coefficient (Wildman–Crippen LogP) is 1.04. The molecule has 0 aromatic rings. The van der Waals surface area contributed by atoms with Crippen molar-refractivity contribution in [3.05, 3.63) is 0 Å². The molecule has 1 saturated carbocycles. The van der Waals surface area contributed by atoms with Crippen molar-refractivity contribution in [2.45, 2.75) is 45.1 Å². The number of hydrogen-bond acceptors (Lipinski definition) is 3. The largest absolute Gasteiger partial charge is 0.368 e. The summed E-state index contributed by atoms with van der Waals surface area (Å²) < 4.78 is 5.43. The first-order chi connectivity index (χ1) is 7.22. The van der Waals surface area contributed by atoms with Gasteiger partial charge in [0, 0.05) is 19.4 Å². The van der Waals surface area contributed by atoms with Crippen LogP contribution in [0.1, 0.15) is 39.0 Å². The number of carbonyl (C=O) groups excluding carboxylic acids is 2. The monoisotopic (exact) mass is 213 g/mol. The SMILES string of the molecule is CCCNC(=O)COC1CCC(=O)CC1. The topological polar surface area (TPSA) is 55.4 Å². The highest BCUT2D eigenvalue weighted by atomic mass is 16.5. The lowest BCUT2D eigenvalue weighted by atomic mass is 9.96. The summed E-state index contributed by atoms with van der Waals surface area (Å²) in [7, 11) is 0. The molecule has 0 heterocycles. The molecule has 4 heteroatoms. The lowest BCUT2D eigenvalue weighted by molar-refractivity contribution is -0.130. The Hall–Kier alpha value is -0.900. The van der Waals surface area contributed by atoms with Gasteiger partial charge in [-0.25, -0.2) is 0 Å². The number of carbonyl (C=O) groups is 2. The van der Waals surface area contributed by atoms with Crippen LogP contribution in [-0.4, -0.2) is 30.9 Å². The molecule has 86 valence electrons. The Bertz CT molecular complexity index is 218. The molecule has 4 nitrogen and oxygen atoms in total. The maximum atomic E-state index is 11.2. The van der Waals surface area contributed by atoms with Crippen LogP contribution in [0.25, 0.3) is 0 Å². The fraction of sp³-hybridized carbons (Fsp3) is 0.818. The van der Waals surface area contributed by atoms with E-state index in [1.807, 2.05) is 6.92 Å². The predicted molar refractivity (Wildman–Crippen MR) is 56.5 cm³/mol. The summed E-state index contributed by atoms with van der Waals surface area (Å²) in [6, 6.07) is 0. The third-order valence-corrected chi connectivity index (χ3v) is 2.51. The molecular formula is C11H19NO3. The molecule has 0 aliphatic heterocycles. The molecule has 0 atom stereocenters. The first-order valence-corrected chi connectivity index (χ1v) is 5.62. The zero-order valence-corrected chi connectivity index (χ0v) is 9.25. The number of rotatable bonds is 5. The number of ether oxygens (including phenoxy) is 1. The van der Waals surface area contributed by atoms with Gasteiger partial charge in [-0.1, -0.05) is 6.92 Å². The summed E-state index contributed by atoms with van der Waals surface area (Å²) in [5, 5.41) is 2.75. The van der Waals surface area contributed by atoms with E-state index in [2.05, 4.69) is 5.32 Å². The van der Waals surface area contributed by atoms with Crippen LogP contribution in [0.5, 0.6) is 0 Å². The number of Topliss-reactive ketones (excluding diaryl/α,β-unsaturated/α-hetero) is 1. The molecule has 0 aromatic heterocycles. The first kappa shape index (κ1) is 12.2. The van der Waals surface area contributed by atoms with E-state index in [1.165, 1.54) is 0 Å². The van der Waals surface area contributed by atoms with E-state index < -0.39 is 0 Å². The number of nitrogens with one attached hydrogen (secondary N) is 1. The standard InChI is InChI=1S/C11H19NO3/c1-2-7-12-11(14)8-15-10-5-3-9(13)4-6-10/h10H,2-8H2,1H3,(H,12,14). The van der Waals surface area contributed by atoms with Crippen LogP contribution in [0.15, 0.2) is 0 Å². The van der Waals surface area contributed by atoms with Crippen molar-refractivity contribution in [2.24, 2.45) is 0 Å². The van der Waals surface area contributed by atoms with Crippen molar-refractivity contribution in [1.29, 1.82) is 0 Å². The van der Waals surface area contributed by atoms with Gasteiger partial charge in [0.2, 0.25) is 5.91 Å². The Balaban J connectivity index is 2.09. The molecule has 1 aliphatic rings. The van der Waals surface area contributed by atoms with Crippen LogP contribution >= 0.6 is 0 Å². The van der Waals surface area contributed by atoms with Gasteiger partial charge in [-0.15, -0.1) is 0 Å². The molecule has 0 radical (unpaired) electrons. The second kappa shape index (κ2) is 6.56. The van der Waals surface area contributed by atoms with E-state index in [0.29, 0.717) is 25.2 Å². The Morgan fingerprint density at radius 3 is 2.73 bits per heavy atom. The molecular weight excluding hydrogens is 194 g/mol. The van der Waals surface area contributed by atoms with E-state index in [4.69, 9.17) is 4.74 Å². The van der Waals surface area contributed by atoms with E-state index in [-0.39, 0.29) is 18.6 Å². The number of amides is 1.